The summed E-state index contributed by atoms with van der Waals surface area (Å²) in [5.74, 6) is 0.256. The molecule has 0 radical (unpaired) electrons. The van der Waals surface area contributed by atoms with E-state index < -0.39 is 6.10 Å². The van der Waals surface area contributed by atoms with E-state index in [4.69, 9.17) is 9.57 Å². The Bertz CT molecular complexity index is 431. The lowest BCUT2D eigenvalue weighted by Gasteiger charge is -2.25. The molecule has 0 fully saturated rings. The molecule has 0 saturated heterocycles. The third kappa shape index (κ3) is 4.68. The summed E-state index contributed by atoms with van der Waals surface area (Å²) >= 11 is 0. The van der Waals surface area contributed by atoms with Crippen LogP contribution in [0.4, 0.5) is 0 Å². The summed E-state index contributed by atoms with van der Waals surface area (Å²) in [5, 5.41) is 3.75. The second-order valence-corrected chi connectivity index (χ2v) is 4.92. The maximum atomic E-state index is 12.1. The molecule has 0 N–H and O–H groups in total. The summed E-state index contributed by atoms with van der Waals surface area (Å²) in [6.07, 6.45) is 2.18. The molecule has 110 valence electrons. The highest BCUT2D eigenvalue weighted by atomic mass is 16.6. The van der Waals surface area contributed by atoms with Crippen LogP contribution < -0.4 is 0 Å². The van der Waals surface area contributed by atoms with Crippen LogP contribution in [0.15, 0.2) is 35.5 Å². The number of carbonyl (C=O) groups excluding carboxylic acids is 1. The van der Waals surface area contributed by atoms with Crippen LogP contribution in [0.1, 0.15) is 37.6 Å². The van der Waals surface area contributed by atoms with Crippen molar-refractivity contribution in [3.63, 3.8) is 0 Å². The van der Waals surface area contributed by atoms with Gasteiger partial charge in [0, 0.05) is 5.92 Å². The van der Waals surface area contributed by atoms with Crippen molar-refractivity contribution >= 4 is 12.2 Å². The molecule has 0 aliphatic rings. The topological polar surface area (TPSA) is 47.9 Å². The summed E-state index contributed by atoms with van der Waals surface area (Å²) in [7, 11) is 1.47. The van der Waals surface area contributed by atoms with Crippen LogP contribution in [-0.2, 0) is 9.57 Å². The third-order valence-corrected chi connectivity index (χ3v) is 3.63. The van der Waals surface area contributed by atoms with Gasteiger partial charge in [0.15, 0.2) is 0 Å². The Morgan fingerprint density at radius 3 is 2.50 bits per heavy atom. The number of carbonyl (C=O) groups is 1. The Kier molecular flexibility index (Phi) is 6.77. The minimum atomic E-state index is -0.391. The van der Waals surface area contributed by atoms with Gasteiger partial charge in [-0.3, -0.25) is 0 Å². The summed E-state index contributed by atoms with van der Waals surface area (Å²) in [4.78, 5) is 16.8. The zero-order valence-corrected chi connectivity index (χ0v) is 12.6. The van der Waals surface area contributed by atoms with Crippen molar-refractivity contribution in [1.29, 1.82) is 0 Å². The van der Waals surface area contributed by atoms with E-state index in [1.807, 2.05) is 18.2 Å². The molecule has 0 aromatic heterocycles. The predicted molar refractivity (Wildman–Crippen MR) is 79.8 cm³/mol. The SMILES string of the molecule is CC[C@H](C)[C@@H](C)[C@H](C=NOC)OC(=O)c1ccccc1. The van der Waals surface area contributed by atoms with Crippen molar-refractivity contribution in [1.82, 2.24) is 0 Å². The number of benzene rings is 1. The lowest BCUT2D eigenvalue weighted by molar-refractivity contribution is 0.0282. The molecule has 1 aromatic carbocycles. The molecule has 0 amide bonds. The van der Waals surface area contributed by atoms with Crippen molar-refractivity contribution in [2.45, 2.75) is 33.3 Å². The molecule has 4 heteroatoms. The van der Waals surface area contributed by atoms with Crippen molar-refractivity contribution in [2.24, 2.45) is 17.0 Å². The van der Waals surface area contributed by atoms with Gasteiger partial charge in [0.05, 0.1) is 11.8 Å². The highest BCUT2D eigenvalue weighted by Crippen LogP contribution is 2.21. The minimum absolute atomic E-state index is 0.173. The number of hydrogen-bond acceptors (Lipinski definition) is 4. The normalized spacial score (nSPS) is 15.6. The fraction of sp³-hybridized carbons (Fsp3) is 0.500. The molecule has 0 saturated carbocycles. The summed E-state index contributed by atoms with van der Waals surface area (Å²) in [6, 6.07) is 8.96. The van der Waals surface area contributed by atoms with Crippen LogP contribution in [0.5, 0.6) is 0 Å². The minimum Gasteiger partial charge on any atom is -0.452 e. The summed E-state index contributed by atoms with van der Waals surface area (Å²) in [5.41, 5.74) is 0.541. The van der Waals surface area contributed by atoms with E-state index >= 15 is 0 Å². The van der Waals surface area contributed by atoms with Crippen LogP contribution >= 0.6 is 0 Å². The van der Waals surface area contributed by atoms with E-state index in [2.05, 4.69) is 25.9 Å². The fourth-order valence-electron chi connectivity index (χ4n) is 1.86. The van der Waals surface area contributed by atoms with Gasteiger partial charge in [-0.2, -0.15) is 0 Å². The van der Waals surface area contributed by atoms with E-state index in [1.54, 1.807) is 18.3 Å². The van der Waals surface area contributed by atoms with Gasteiger partial charge in [0.2, 0.25) is 0 Å². The predicted octanol–water partition coefficient (Wildman–Crippen LogP) is 3.53. The molecule has 20 heavy (non-hydrogen) atoms. The molecule has 0 unspecified atom stereocenters. The first-order valence-corrected chi connectivity index (χ1v) is 6.92. The molecule has 0 heterocycles. The van der Waals surface area contributed by atoms with Gasteiger partial charge in [-0.25, -0.2) is 4.79 Å². The zero-order chi connectivity index (χ0) is 15.0. The molecule has 4 nitrogen and oxygen atoms in total. The maximum absolute atomic E-state index is 12.1. The number of ether oxygens (including phenoxy) is 1. The number of esters is 1. The smallest absolute Gasteiger partial charge is 0.338 e. The van der Waals surface area contributed by atoms with Gasteiger partial charge in [-0.15, -0.1) is 0 Å². The van der Waals surface area contributed by atoms with Crippen molar-refractivity contribution in [3.8, 4) is 0 Å². The van der Waals surface area contributed by atoms with E-state index in [0.717, 1.165) is 6.42 Å². The molecular weight excluding hydrogens is 254 g/mol. The van der Waals surface area contributed by atoms with Crippen molar-refractivity contribution < 1.29 is 14.4 Å². The van der Waals surface area contributed by atoms with Gasteiger partial charge in [-0.05, 0) is 18.1 Å². The molecule has 0 spiro atoms. The molecule has 0 bridgehead atoms. The maximum Gasteiger partial charge on any atom is 0.338 e. The Labute approximate surface area is 120 Å². The highest BCUT2D eigenvalue weighted by Gasteiger charge is 2.24. The number of rotatable bonds is 7. The van der Waals surface area contributed by atoms with Crippen LogP contribution in [0.3, 0.4) is 0 Å². The largest absolute Gasteiger partial charge is 0.452 e. The molecular formula is C16H23NO3. The first-order chi connectivity index (χ1) is 9.60. The van der Waals surface area contributed by atoms with Crippen LogP contribution in [0.25, 0.3) is 0 Å². The monoisotopic (exact) mass is 277 g/mol. The Hall–Kier alpha value is -1.84. The summed E-state index contributed by atoms with van der Waals surface area (Å²) < 4.78 is 5.56. The quantitative estimate of drug-likeness (QED) is 0.435. The highest BCUT2D eigenvalue weighted by molar-refractivity contribution is 5.90. The Morgan fingerprint density at radius 1 is 1.30 bits per heavy atom. The van der Waals surface area contributed by atoms with E-state index in [0.29, 0.717) is 11.5 Å². The molecule has 1 aromatic rings. The first kappa shape index (κ1) is 16.2. The average Bonchev–Trinajstić information content (AvgIpc) is 2.50. The van der Waals surface area contributed by atoms with Gasteiger partial charge in [-0.1, -0.05) is 50.5 Å². The van der Waals surface area contributed by atoms with Gasteiger partial charge >= 0.3 is 5.97 Å². The van der Waals surface area contributed by atoms with Gasteiger partial charge in [0.25, 0.3) is 0 Å². The van der Waals surface area contributed by atoms with E-state index in [1.165, 1.54) is 7.11 Å². The lowest BCUT2D eigenvalue weighted by atomic mass is 9.89. The van der Waals surface area contributed by atoms with Crippen molar-refractivity contribution in [3.05, 3.63) is 35.9 Å². The standard InChI is InChI=1S/C16H23NO3/c1-5-12(2)13(3)15(11-17-19-4)20-16(18)14-9-7-6-8-10-14/h6-13,15H,5H2,1-4H3/t12-,13+,15-/m0/s1. The first-order valence-electron chi connectivity index (χ1n) is 6.92. The Balaban J connectivity index is 2.79. The third-order valence-electron chi connectivity index (χ3n) is 3.63. The summed E-state index contributed by atoms with van der Waals surface area (Å²) in [6.45, 7) is 6.30. The second kappa shape index (κ2) is 8.35. The number of nitrogens with zero attached hydrogens (tertiary/aromatic N) is 1. The molecule has 1 rings (SSSR count). The Morgan fingerprint density at radius 2 is 1.95 bits per heavy atom. The molecule has 0 aliphatic heterocycles. The number of hydrogen-bond donors (Lipinski definition) is 0. The van der Waals surface area contributed by atoms with Crippen LogP contribution in [-0.4, -0.2) is 25.4 Å². The van der Waals surface area contributed by atoms with Gasteiger partial charge < -0.3 is 9.57 Å². The van der Waals surface area contributed by atoms with Gasteiger partial charge in [0.1, 0.15) is 13.2 Å². The van der Waals surface area contributed by atoms with E-state index in [-0.39, 0.29) is 11.9 Å². The lowest BCUT2D eigenvalue weighted by Crippen LogP contribution is -2.30. The van der Waals surface area contributed by atoms with Crippen LogP contribution in [0.2, 0.25) is 0 Å². The van der Waals surface area contributed by atoms with Crippen LogP contribution in [0, 0.1) is 11.8 Å². The average molecular weight is 277 g/mol. The fourth-order valence-corrected chi connectivity index (χ4v) is 1.86. The molecule has 3 atom stereocenters. The molecule has 0 aliphatic carbocycles. The second-order valence-electron chi connectivity index (χ2n) is 4.92. The zero-order valence-electron chi connectivity index (χ0n) is 12.6. The number of oxime groups is 1. The van der Waals surface area contributed by atoms with E-state index in [9.17, 15) is 4.79 Å². The van der Waals surface area contributed by atoms with Crippen molar-refractivity contribution in [2.75, 3.05) is 7.11 Å².